The summed E-state index contributed by atoms with van der Waals surface area (Å²) in [5, 5.41) is 60.9. The number of amides is 1. The molecule has 0 unspecified atom stereocenters. The number of anilines is 1. The number of methoxy groups -OCH3 is 1. The van der Waals surface area contributed by atoms with Crippen molar-refractivity contribution in [2.24, 2.45) is 23.7 Å². The van der Waals surface area contributed by atoms with Crippen LogP contribution >= 0.6 is 0 Å². The molecule has 318 valence electrons. The maximum Gasteiger partial charge on any atom is 0.312 e. The van der Waals surface area contributed by atoms with Gasteiger partial charge in [-0.2, -0.15) is 0 Å². The van der Waals surface area contributed by atoms with Crippen molar-refractivity contribution in [2.45, 2.75) is 92.1 Å². The number of ketones is 1. The summed E-state index contributed by atoms with van der Waals surface area (Å²) in [6.07, 6.45) is 3.73. The van der Waals surface area contributed by atoms with Gasteiger partial charge in [0, 0.05) is 99.4 Å². The Hall–Kier alpha value is -4.67. The third-order valence-electron chi connectivity index (χ3n) is 12.1. The van der Waals surface area contributed by atoms with Gasteiger partial charge in [-0.25, -0.2) is 0 Å². The van der Waals surface area contributed by atoms with Crippen LogP contribution in [0.4, 0.5) is 5.69 Å². The molecule has 15 nitrogen and oxygen atoms in total. The number of nitrogens with zero attached hydrogens (tertiary/aromatic N) is 2. The van der Waals surface area contributed by atoms with Crippen molar-refractivity contribution < 1.29 is 58.9 Å². The molecule has 1 saturated heterocycles. The Morgan fingerprint density at radius 2 is 1.59 bits per heavy atom. The van der Waals surface area contributed by atoms with E-state index in [4.69, 9.17) is 18.9 Å². The standard InChI is InChI=1S/C43H59N3O12/c1-21-12-11-13-22(2)42(54)44-33-28(20-46-17-15-45(9)16-18-46)37(51)30-31(38(33)52)36(50)26(6)40-32(30)41(53)43(8,58-40)56-19-14-29(55-10)23(3)39(57-27(7)47)25(5)35(49)24(4)34(21)48/h11-14,19,21,23-25,29,34-35,39,48-52H,15-18,20H2,1-10H3,(H,44,54)/t21-,23-,24+,25+,29-,34+,35-,39-,43-/m1/s1. The second-order valence-electron chi connectivity index (χ2n) is 16.3. The van der Waals surface area contributed by atoms with Crippen LogP contribution in [0.15, 0.2) is 36.1 Å². The number of hydrogen-bond acceptors (Lipinski definition) is 14. The second kappa shape index (κ2) is 17.7. The number of Topliss-reactive ketones (excluding diaryl/α,β-unsaturated/α-hetero) is 1. The fourth-order valence-electron chi connectivity index (χ4n) is 8.17. The van der Waals surface area contributed by atoms with Crippen molar-refractivity contribution in [2.75, 3.05) is 45.7 Å². The van der Waals surface area contributed by atoms with Gasteiger partial charge in [0.1, 0.15) is 23.4 Å². The summed E-state index contributed by atoms with van der Waals surface area (Å²) in [4.78, 5) is 44.7. The van der Waals surface area contributed by atoms with Crippen molar-refractivity contribution in [3.05, 3.63) is 52.8 Å². The van der Waals surface area contributed by atoms with E-state index in [-0.39, 0.29) is 51.0 Å². The minimum atomic E-state index is -2.01. The summed E-state index contributed by atoms with van der Waals surface area (Å²) in [6.45, 7) is 15.4. The van der Waals surface area contributed by atoms with E-state index in [0.29, 0.717) is 13.1 Å². The van der Waals surface area contributed by atoms with E-state index in [1.165, 1.54) is 46.3 Å². The third-order valence-corrected chi connectivity index (χ3v) is 12.1. The minimum absolute atomic E-state index is 0.0565. The lowest BCUT2D eigenvalue weighted by atomic mass is 9.78. The van der Waals surface area contributed by atoms with Gasteiger partial charge in [-0.1, -0.05) is 45.9 Å². The minimum Gasteiger partial charge on any atom is -0.507 e. The van der Waals surface area contributed by atoms with Crippen molar-refractivity contribution >= 4 is 34.1 Å². The van der Waals surface area contributed by atoms with Gasteiger partial charge in [-0.15, -0.1) is 0 Å². The van der Waals surface area contributed by atoms with Crippen LogP contribution in [0.25, 0.3) is 10.8 Å². The lowest BCUT2D eigenvalue weighted by Crippen LogP contribution is -2.46. The number of piperazine rings is 1. The van der Waals surface area contributed by atoms with Crippen LogP contribution < -0.4 is 10.1 Å². The molecule has 2 aromatic carbocycles. The number of hydrogen-bond donors (Lipinski definition) is 6. The summed E-state index contributed by atoms with van der Waals surface area (Å²) in [5.41, 5.74) is 0.176. The number of ether oxygens (including phenoxy) is 4. The largest absolute Gasteiger partial charge is 0.507 e. The summed E-state index contributed by atoms with van der Waals surface area (Å²) >= 11 is 0. The van der Waals surface area contributed by atoms with Gasteiger partial charge >= 0.3 is 11.8 Å². The summed E-state index contributed by atoms with van der Waals surface area (Å²) in [7, 11) is 3.44. The molecule has 6 N–H and O–H groups in total. The molecule has 5 bridgehead atoms. The SMILES string of the molecule is CO[C@@H]1C=CO[C@]2(C)Oc3c(C)c(O)c4c(O)c(c(CN5CCN(C)CC5)c(O)c4c3C2=O)NC(=O)C(C)=CC=C[C@@H](C)[C@H](O)[C@H](C)[C@@H](O)[C@H](C)[C@H](OC(C)=O)[C@@H]1C. The number of carbonyl (C=O) groups excluding carboxylic acids is 3. The van der Waals surface area contributed by atoms with Crippen molar-refractivity contribution in [3.8, 4) is 23.0 Å². The lowest BCUT2D eigenvalue weighted by molar-refractivity contribution is -0.160. The molecular formula is C43H59N3O12. The van der Waals surface area contributed by atoms with E-state index in [0.717, 1.165) is 13.1 Å². The first-order valence-electron chi connectivity index (χ1n) is 19.7. The molecule has 0 aromatic heterocycles. The number of phenols is 3. The van der Waals surface area contributed by atoms with E-state index in [1.54, 1.807) is 46.8 Å². The molecule has 0 spiro atoms. The smallest absolute Gasteiger partial charge is 0.312 e. The number of carbonyl (C=O) groups is 3. The molecular weight excluding hydrogens is 750 g/mol. The zero-order valence-electron chi connectivity index (χ0n) is 35.0. The van der Waals surface area contributed by atoms with Crippen molar-refractivity contribution in [1.82, 2.24) is 9.80 Å². The van der Waals surface area contributed by atoms with E-state index < -0.39 is 88.8 Å². The van der Waals surface area contributed by atoms with Gasteiger partial charge in [0.25, 0.3) is 11.7 Å². The Labute approximate surface area is 339 Å². The molecule has 0 radical (unpaired) electrons. The number of esters is 1. The average molecular weight is 810 g/mol. The van der Waals surface area contributed by atoms with Crippen LogP contribution in [0.2, 0.25) is 0 Å². The maximum absolute atomic E-state index is 14.4. The monoisotopic (exact) mass is 809 g/mol. The number of aliphatic hydroxyl groups excluding tert-OH is 2. The van der Waals surface area contributed by atoms with Crippen LogP contribution in [0, 0.1) is 30.6 Å². The predicted molar refractivity (Wildman–Crippen MR) is 217 cm³/mol. The molecule has 4 aliphatic rings. The first kappa shape index (κ1) is 44.4. The number of phenolic OH excluding ortho intramolecular Hbond substituents is 3. The first-order valence-corrected chi connectivity index (χ1v) is 19.7. The van der Waals surface area contributed by atoms with Gasteiger partial charge in [0.05, 0.1) is 41.2 Å². The van der Waals surface area contributed by atoms with Gasteiger partial charge in [-0.3, -0.25) is 19.3 Å². The Morgan fingerprint density at radius 1 is 0.931 bits per heavy atom. The lowest BCUT2D eigenvalue weighted by Gasteiger charge is -2.38. The van der Waals surface area contributed by atoms with Gasteiger partial charge in [-0.05, 0) is 27.0 Å². The molecule has 2 aromatic rings. The third kappa shape index (κ3) is 8.55. The maximum atomic E-state index is 14.4. The Morgan fingerprint density at radius 3 is 2.21 bits per heavy atom. The molecule has 9 atom stereocenters. The van der Waals surface area contributed by atoms with E-state index in [9.17, 15) is 39.9 Å². The highest BCUT2D eigenvalue weighted by Crippen LogP contribution is 2.55. The number of aliphatic hydroxyl groups is 2. The number of benzene rings is 2. The Kier molecular flexibility index (Phi) is 13.5. The fourth-order valence-corrected chi connectivity index (χ4v) is 8.17. The number of rotatable bonds is 4. The summed E-state index contributed by atoms with van der Waals surface area (Å²) < 4.78 is 23.7. The highest BCUT2D eigenvalue weighted by molar-refractivity contribution is 6.22. The first-order chi connectivity index (χ1) is 27.2. The quantitative estimate of drug-likeness (QED) is 0.143. The number of fused-ring (bicyclic) bond motifs is 14. The van der Waals surface area contributed by atoms with Gasteiger partial charge < -0.3 is 54.7 Å². The van der Waals surface area contributed by atoms with Crippen molar-refractivity contribution in [1.29, 1.82) is 0 Å². The fraction of sp³-hybridized carbons (Fsp3) is 0.558. The molecule has 1 amide bonds. The zero-order valence-corrected chi connectivity index (χ0v) is 35.0. The van der Waals surface area contributed by atoms with Crippen LogP contribution in [0.5, 0.6) is 23.0 Å². The molecule has 4 aliphatic heterocycles. The van der Waals surface area contributed by atoms with E-state index in [1.807, 2.05) is 11.9 Å². The number of aromatic hydroxyl groups is 3. The Balaban J connectivity index is 1.70. The summed E-state index contributed by atoms with van der Waals surface area (Å²) in [6, 6.07) is 0. The molecule has 58 heavy (non-hydrogen) atoms. The zero-order chi connectivity index (χ0) is 43.0. The van der Waals surface area contributed by atoms with Crippen LogP contribution in [-0.2, 0) is 30.3 Å². The number of allylic oxidation sites excluding steroid dienone is 2. The van der Waals surface area contributed by atoms with E-state index in [2.05, 4.69) is 10.2 Å². The highest BCUT2D eigenvalue weighted by Gasteiger charge is 2.50. The van der Waals surface area contributed by atoms with Crippen LogP contribution in [0.1, 0.15) is 70.0 Å². The molecule has 0 saturated carbocycles. The van der Waals surface area contributed by atoms with Gasteiger partial charge in [0.2, 0.25) is 0 Å². The normalized spacial score (nSPS) is 30.6. The predicted octanol–water partition coefficient (Wildman–Crippen LogP) is 4.50. The highest BCUT2D eigenvalue weighted by atomic mass is 16.7. The molecule has 0 aliphatic carbocycles. The van der Waals surface area contributed by atoms with Crippen LogP contribution in [0.3, 0.4) is 0 Å². The molecule has 6 rings (SSSR count). The topological polar surface area (TPSA) is 208 Å². The van der Waals surface area contributed by atoms with Gasteiger partial charge in [0.15, 0.2) is 5.75 Å². The average Bonchev–Trinajstić information content (AvgIpc) is 3.45. The van der Waals surface area contributed by atoms with E-state index >= 15 is 0 Å². The second-order valence-corrected chi connectivity index (χ2v) is 16.3. The molecule has 4 heterocycles. The van der Waals surface area contributed by atoms with Crippen LogP contribution in [-0.4, -0.2) is 124 Å². The molecule has 1 fully saturated rings. The summed E-state index contributed by atoms with van der Waals surface area (Å²) in [5.74, 6) is -7.86. The number of nitrogens with one attached hydrogen (secondary N) is 1. The Bertz CT molecular complexity index is 2000. The molecule has 15 heteroatoms. The van der Waals surface area contributed by atoms with Crippen molar-refractivity contribution in [3.63, 3.8) is 0 Å². The number of likely N-dealkylation sites (N-methyl/N-ethyl adjacent to an activating group) is 1.